The first-order valence-corrected chi connectivity index (χ1v) is 11.6. The lowest BCUT2D eigenvalue weighted by molar-refractivity contribution is 0.229. The minimum atomic E-state index is -0.512. The Morgan fingerprint density at radius 2 is 1.97 bits per heavy atom. The van der Waals surface area contributed by atoms with Crippen molar-refractivity contribution in [1.29, 1.82) is 5.41 Å². The Hall–Kier alpha value is -4.34. The van der Waals surface area contributed by atoms with E-state index >= 15 is 4.39 Å². The summed E-state index contributed by atoms with van der Waals surface area (Å²) in [5.74, 6) is 0.661. The van der Waals surface area contributed by atoms with Crippen LogP contribution in [0.3, 0.4) is 0 Å². The summed E-state index contributed by atoms with van der Waals surface area (Å²) in [6.07, 6.45) is 5.13. The molecule has 0 amide bonds. The highest BCUT2D eigenvalue weighted by Gasteiger charge is 2.22. The predicted molar refractivity (Wildman–Crippen MR) is 137 cm³/mol. The van der Waals surface area contributed by atoms with E-state index in [4.69, 9.17) is 20.6 Å². The van der Waals surface area contributed by atoms with Crippen LogP contribution in [0.2, 0.25) is 0 Å². The monoisotopic (exact) mass is 491 g/mol. The number of aromatic nitrogens is 4. The summed E-state index contributed by atoms with van der Waals surface area (Å²) in [7, 11) is 1.85. The van der Waals surface area contributed by atoms with Crippen molar-refractivity contribution in [1.82, 2.24) is 19.7 Å². The van der Waals surface area contributed by atoms with E-state index < -0.39 is 5.82 Å². The molecule has 0 unspecified atom stereocenters. The van der Waals surface area contributed by atoms with Crippen LogP contribution in [0.25, 0.3) is 11.3 Å². The number of halogens is 1. The van der Waals surface area contributed by atoms with Gasteiger partial charge in [0, 0.05) is 42.2 Å². The van der Waals surface area contributed by atoms with E-state index in [0.717, 1.165) is 11.3 Å². The summed E-state index contributed by atoms with van der Waals surface area (Å²) < 4.78 is 29.1. The van der Waals surface area contributed by atoms with Gasteiger partial charge in [0.2, 0.25) is 0 Å². The second-order valence-corrected chi connectivity index (χ2v) is 8.55. The Balaban J connectivity index is 1.79. The molecule has 2 heterocycles. The van der Waals surface area contributed by atoms with Crippen LogP contribution in [-0.2, 0) is 13.6 Å². The number of hydrogen-bond acceptors (Lipinski definition) is 6. The molecule has 0 saturated heterocycles. The molecule has 9 nitrogen and oxygen atoms in total. The molecular formula is C26H30FN7O2. The molecule has 4 aromatic rings. The number of aromatic amines is 1. The lowest BCUT2D eigenvalue weighted by Gasteiger charge is -2.26. The van der Waals surface area contributed by atoms with Crippen LogP contribution < -0.4 is 20.1 Å². The van der Waals surface area contributed by atoms with Gasteiger partial charge in [-0.25, -0.2) is 9.37 Å². The van der Waals surface area contributed by atoms with Gasteiger partial charge in [0.1, 0.15) is 17.4 Å². The number of ether oxygens (including phenoxy) is 2. The molecule has 0 bridgehead atoms. The summed E-state index contributed by atoms with van der Waals surface area (Å²) in [6, 6.07) is 10.2. The largest absolute Gasteiger partial charge is 0.494 e. The van der Waals surface area contributed by atoms with Crippen LogP contribution >= 0.6 is 0 Å². The third-order valence-electron chi connectivity index (χ3n) is 5.40. The Kier molecular flexibility index (Phi) is 7.23. The number of aryl methyl sites for hydroxylation is 1. The second kappa shape index (κ2) is 10.5. The lowest BCUT2D eigenvalue weighted by atomic mass is 10.1. The van der Waals surface area contributed by atoms with E-state index in [1.807, 2.05) is 34.0 Å². The number of H-pyrrole nitrogens is 1. The number of nitrogens with one attached hydrogen (secondary N) is 2. The highest BCUT2D eigenvalue weighted by Crippen LogP contribution is 2.38. The second-order valence-electron chi connectivity index (χ2n) is 8.55. The maximum atomic E-state index is 15.9. The third-order valence-corrected chi connectivity index (χ3v) is 5.40. The van der Waals surface area contributed by atoms with Crippen LogP contribution in [0.5, 0.6) is 11.5 Å². The molecule has 2 aromatic heterocycles. The lowest BCUT2D eigenvalue weighted by Crippen LogP contribution is -2.20. The molecule has 0 spiro atoms. The van der Waals surface area contributed by atoms with Gasteiger partial charge in [-0.2, -0.15) is 5.10 Å². The van der Waals surface area contributed by atoms with Gasteiger partial charge < -0.3 is 25.1 Å². The molecule has 0 fully saturated rings. The van der Waals surface area contributed by atoms with Crippen LogP contribution in [0.1, 0.15) is 32.2 Å². The number of nitrogen functional groups attached to an aromatic ring is 1. The molecule has 0 radical (unpaired) electrons. The molecule has 36 heavy (non-hydrogen) atoms. The predicted octanol–water partition coefficient (Wildman–Crippen LogP) is 4.76. The summed E-state index contributed by atoms with van der Waals surface area (Å²) in [6.45, 7) is 6.20. The van der Waals surface area contributed by atoms with Crippen LogP contribution in [0, 0.1) is 11.2 Å². The van der Waals surface area contributed by atoms with Crippen molar-refractivity contribution in [2.24, 2.45) is 12.8 Å². The number of amidine groups is 1. The standard InChI is InChI=1S/C26H30FN7O2/c1-5-35-20-10-22(25(27)23(11-20)36-16(2)3)34(19-8-6-17(7-9-19)26(28)29)15-24-30-13-21(32-24)18-12-31-33(4)14-18/h6-14,16H,5,15H2,1-4H3,(H3,28,29)(H,30,32). The SMILES string of the molecule is CCOc1cc(OC(C)C)c(F)c(N(Cc2ncc(-c3cnn(C)c3)[nH]2)c2ccc(C(=N)N)cc2)c1. The zero-order chi connectivity index (χ0) is 25.8. The van der Waals surface area contributed by atoms with E-state index in [1.54, 1.807) is 58.4 Å². The van der Waals surface area contributed by atoms with Gasteiger partial charge in [0.05, 0.1) is 43.0 Å². The number of imidazole rings is 1. The topological polar surface area (TPSA) is 118 Å². The zero-order valence-corrected chi connectivity index (χ0v) is 20.7. The van der Waals surface area contributed by atoms with E-state index in [0.29, 0.717) is 29.4 Å². The fourth-order valence-electron chi connectivity index (χ4n) is 3.78. The Morgan fingerprint density at radius 3 is 2.58 bits per heavy atom. The van der Waals surface area contributed by atoms with Gasteiger partial charge in [-0.1, -0.05) is 0 Å². The summed E-state index contributed by atoms with van der Waals surface area (Å²) in [5, 5.41) is 11.9. The quantitative estimate of drug-likeness (QED) is 0.217. The van der Waals surface area contributed by atoms with E-state index in [1.165, 1.54) is 0 Å². The molecule has 0 aliphatic heterocycles. The number of hydrogen-bond donors (Lipinski definition) is 3. The fraction of sp³-hybridized carbons (Fsp3) is 0.269. The average Bonchev–Trinajstić information content (AvgIpc) is 3.48. The van der Waals surface area contributed by atoms with Crippen molar-refractivity contribution in [2.75, 3.05) is 11.5 Å². The van der Waals surface area contributed by atoms with Gasteiger partial charge in [-0.05, 0) is 45.0 Å². The number of anilines is 2. The molecule has 4 rings (SSSR count). The number of benzene rings is 2. The van der Waals surface area contributed by atoms with Crippen molar-refractivity contribution in [3.63, 3.8) is 0 Å². The van der Waals surface area contributed by atoms with Gasteiger partial charge in [0.25, 0.3) is 0 Å². The average molecular weight is 492 g/mol. The molecule has 10 heteroatoms. The Labute approximate surface area is 209 Å². The van der Waals surface area contributed by atoms with Crippen molar-refractivity contribution in [3.8, 4) is 22.8 Å². The molecule has 2 aromatic carbocycles. The first-order chi connectivity index (χ1) is 17.2. The molecule has 0 saturated carbocycles. The van der Waals surface area contributed by atoms with Crippen molar-refractivity contribution < 1.29 is 13.9 Å². The smallest absolute Gasteiger partial charge is 0.188 e. The minimum absolute atomic E-state index is 0.0441. The van der Waals surface area contributed by atoms with E-state index in [2.05, 4.69) is 15.1 Å². The number of rotatable bonds is 10. The van der Waals surface area contributed by atoms with E-state index in [-0.39, 0.29) is 29.9 Å². The Morgan fingerprint density at radius 1 is 1.22 bits per heavy atom. The van der Waals surface area contributed by atoms with Crippen LogP contribution in [0.15, 0.2) is 55.0 Å². The van der Waals surface area contributed by atoms with Crippen LogP contribution in [-0.4, -0.2) is 38.3 Å². The van der Waals surface area contributed by atoms with Crippen molar-refractivity contribution in [3.05, 3.63) is 72.2 Å². The molecule has 0 atom stereocenters. The number of nitrogens with two attached hydrogens (primary N) is 1. The summed E-state index contributed by atoms with van der Waals surface area (Å²) >= 11 is 0. The molecule has 188 valence electrons. The summed E-state index contributed by atoms with van der Waals surface area (Å²) in [4.78, 5) is 9.61. The molecular weight excluding hydrogens is 461 g/mol. The zero-order valence-electron chi connectivity index (χ0n) is 20.7. The van der Waals surface area contributed by atoms with Crippen LogP contribution in [0.4, 0.5) is 15.8 Å². The highest BCUT2D eigenvalue weighted by atomic mass is 19.1. The van der Waals surface area contributed by atoms with Gasteiger partial charge in [0.15, 0.2) is 11.6 Å². The fourth-order valence-corrected chi connectivity index (χ4v) is 3.78. The summed E-state index contributed by atoms with van der Waals surface area (Å²) in [5.41, 5.74) is 8.85. The van der Waals surface area contributed by atoms with Gasteiger partial charge in [-0.3, -0.25) is 10.1 Å². The molecule has 0 aliphatic rings. The highest BCUT2D eigenvalue weighted by molar-refractivity contribution is 5.95. The molecule has 0 aliphatic carbocycles. The van der Waals surface area contributed by atoms with Crippen molar-refractivity contribution in [2.45, 2.75) is 33.4 Å². The first kappa shape index (κ1) is 24.8. The Bertz CT molecular complexity index is 1340. The number of nitrogens with zero attached hydrogens (tertiary/aromatic N) is 4. The maximum absolute atomic E-state index is 15.9. The van der Waals surface area contributed by atoms with Gasteiger partial charge in [-0.15, -0.1) is 0 Å². The first-order valence-electron chi connectivity index (χ1n) is 11.6. The normalized spacial score (nSPS) is 11.1. The van der Waals surface area contributed by atoms with Gasteiger partial charge >= 0.3 is 0 Å². The minimum Gasteiger partial charge on any atom is -0.494 e. The third kappa shape index (κ3) is 5.48. The van der Waals surface area contributed by atoms with E-state index in [9.17, 15) is 0 Å². The maximum Gasteiger partial charge on any atom is 0.188 e. The molecule has 4 N–H and O–H groups in total. The van der Waals surface area contributed by atoms with Crippen molar-refractivity contribution >= 4 is 17.2 Å².